The molecule has 0 spiro atoms. The van der Waals surface area contributed by atoms with E-state index in [0.29, 0.717) is 5.92 Å². The molecule has 27 heavy (non-hydrogen) atoms. The van der Waals surface area contributed by atoms with E-state index in [4.69, 9.17) is 4.98 Å². The summed E-state index contributed by atoms with van der Waals surface area (Å²) in [5.41, 5.74) is 10.0. The minimum atomic E-state index is -0.188. The molecule has 5 rings (SSSR count). The number of halogens is 2. The summed E-state index contributed by atoms with van der Waals surface area (Å²) in [4.78, 5) is 5.25. The Kier molecular flexibility index (Phi) is 4.35. The topological polar surface area (TPSA) is 12.9 Å². The number of aryl methyl sites for hydroxylation is 1. The van der Waals surface area contributed by atoms with Crippen LogP contribution in [0.2, 0.25) is 0 Å². The lowest BCUT2D eigenvalue weighted by Gasteiger charge is -2.20. The van der Waals surface area contributed by atoms with Crippen molar-refractivity contribution < 1.29 is 4.39 Å². The Morgan fingerprint density at radius 2 is 1.78 bits per heavy atom. The van der Waals surface area contributed by atoms with Crippen LogP contribution in [0.3, 0.4) is 0 Å². The van der Waals surface area contributed by atoms with Gasteiger partial charge in [0.25, 0.3) is 0 Å². The number of rotatable bonds is 3. The third-order valence-electron chi connectivity index (χ3n) is 5.81. The first-order valence-electron chi connectivity index (χ1n) is 9.72. The number of aromatic nitrogens is 1. The summed E-state index contributed by atoms with van der Waals surface area (Å²) in [7, 11) is 0. The Labute approximate surface area is 167 Å². The predicted molar refractivity (Wildman–Crippen MR) is 112 cm³/mol. The summed E-state index contributed by atoms with van der Waals surface area (Å²) >= 11 is 3.73. The van der Waals surface area contributed by atoms with Crippen molar-refractivity contribution in [1.29, 1.82) is 0 Å². The summed E-state index contributed by atoms with van der Waals surface area (Å²) in [6.07, 6.45) is 5.64. The van der Waals surface area contributed by atoms with Gasteiger partial charge in [0.15, 0.2) is 0 Å². The van der Waals surface area contributed by atoms with Gasteiger partial charge >= 0.3 is 0 Å². The third-order valence-corrected chi connectivity index (χ3v) is 6.37. The molecular weight excluding hydrogens is 401 g/mol. The lowest BCUT2D eigenvalue weighted by Crippen LogP contribution is -2.06. The van der Waals surface area contributed by atoms with E-state index in [1.54, 1.807) is 12.1 Å². The maximum atomic E-state index is 13.6. The highest BCUT2D eigenvalue weighted by molar-refractivity contribution is 9.08. The van der Waals surface area contributed by atoms with Gasteiger partial charge in [0.2, 0.25) is 0 Å². The maximum absolute atomic E-state index is 13.6. The smallest absolute Gasteiger partial charge is 0.123 e. The fourth-order valence-electron chi connectivity index (χ4n) is 4.37. The molecule has 1 aromatic heterocycles. The Balaban J connectivity index is 1.84. The average molecular weight is 422 g/mol. The van der Waals surface area contributed by atoms with Crippen LogP contribution in [0.1, 0.15) is 47.6 Å². The van der Waals surface area contributed by atoms with E-state index in [2.05, 4.69) is 40.2 Å². The van der Waals surface area contributed by atoms with Crippen LogP contribution in [0.15, 0.2) is 48.5 Å². The highest BCUT2D eigenvalue weighted by Crippen LogP contribution is 2.47. The Morgan fingerprint density at radius 3 is 2.52 bits per heavy atom. The molecule has 2 aliphatic carbocycles. The van der Waals surface area contributed by atoms with Gasteiger partial charge in [-0.25, -0.2) is 4.39 Å². The molecule has 2 aromatic carbocycles. The minimum absolute atomic E-state index is 0.188. The molecule has 3 aromatic rings. The normalized spacial score (nSPS) is 15.8. The van der Waals surface area contributed by atoms with E-state index in [-0.39, 0.29) is 5.82 Å². The monoisotopic (exact) mass is 421 g/mol. The molecule has 0 atom stereocenters. The summed E-state index contributed by atoms with van der Waals surface area (Å²) in [5.74, 6) is 0.379. The quantitative estimate of drug-likeness (QED) is 0.422. The molecule has 0 saturated heterocycles. The van der Waals surface area contributed by atoms with Crippen LogP contribution < -0.4 is 0 Å². The second-order valence-corrected chi connectivity index (χ2v) is 8.16. The molecule has 1 heterocycles. The Hall–Kier alpha value is -2.00. The van der Waals surface area contributed by atoms with Crippen LogP contribution in [0.4, 0.5) is 4.39 Å². The van der Waals surface area contributed by atoms with Crippen molar-refractivity contribution in [3.8, 4) is 22.4 Å². The van der Waals surface area contributed by atoms with Gasteiger partial charge in [-0.15, -0.1) is 0 Å². The average Bonchev–Trinajstić information content (AvgIpc) is 3.54. The van der Waals surface area contributed by atoms with Gasteiger partial charge in [0.05, 0.1) is 5.69 Å². The van der Waals surface area contributed by atoms with Crippen LogP contribution in [-0.4, -0.2) is 4.98 Å². The largest absolute Gasteiger partial charge is 0.252 e. The van der Waals surface area contributed by atoms with Crippen molar-refractivity contribution in [2.45, 2.75) is 43.4 Å². The van der Waals surface area contributed by atoms with E-state index < -0.39 is 0 Å². The van der Waals surface area contributed by atoms with Gasteiger partial charge in [0.1, 0.15) is 5.82 Å². The van der Waals surface area contributed by atoms with Crippen molar-refractivity contribution in [3.63, 3.8) is 0 Å². The van der Waals surface area contributed by atoms with E-state index in [9.17, 15) is 4.39 Å². The fourth-order valence-corrected chi connectivity index (χ4v) is 4.94. The van der Waals surface area contributed by atoms with Crippen molar-refractivity contribution in [1.82, 2.24) is 4.98 Å². The number of hydrogen-bond donors (Lipinski definition) is 0. The number of fused-ring (bicyclic) bond motifs is 3. The van der Waals surface area contributed by atoms with Gasteiger partial charge in [-0.05, 0) is 72.1 Å². The second-order valence-electron chi connectivity index (χ2n) is 7.60. The standard InChI is InChI=1S/C24H21BrFN/c25-14-21-22(16-10-12-18(26)13-11-16)20-7-3-5-15-4-1-2-6-19(15)24(20)27-23(21)17-8-9-17/h1-2,4,6,10-13,17H,3,5,7-9,14H2. The van der Waals surface area contributed by atoms with Crippen molar-refractivity contribution in [3.05, 3.63) is 76.7 Å². The Bertz CT molecular complexity index is 1010. The van der Waals surface area contributed by atoms with Crippen LogP contribution >= 0.6 is 15.9 Å². The lowest BCUT2D eigenvalue weighted by atomic mass is 9.89. The molecule has 0 bridgehead atoms. The van der Waals surface area contributed by atoms with Crippen molar-refractivity contribution in [2.24, 2.45) is 0 Å². The summed E-state index contributed by atoms with van der Waals surface area (Å²) in [6, 6.07) is 15.7. The van der Waals surface area contributed by atoms with Gasteiger partial charge in [-0.3, -0.25) is 4.98 Å². The van der Waals surface area contributed by atoms with Gasteiger partial charge in [-0.2, -0.15) is 0 Å². The molecular formula is C24H21BrFN. The Morgan fingerprint density at radius 1 is 1.00 bits per heavy atom. The van der Waals surface area contributed by atoms with E-state index in [1.807, 2.05) is 12.1 Å². The third kappa shape index (κ3) is 3.02. The van der Waals surface area contributed by atoms with Gasteiger partial charge < -0.3 is 0 Å². The molecule has 1 nitrogen and oxygen atoms in total. The maximum Gasteiger partial charge on any atom is 0.123 e. The molecule has 1 fully saturated rings. The minimum Gasteiger partial charge on any atom is -0.252 e. The highest BCUT2D eigenvalue weighted by atomic mass is 79.9. The van der Waals surface area contributed by atoms with Gasteiger partial charge in [-0.1, -0.05) is 52.3 Å². The predicted octanol–water partition coefficient (Wildman–Crippen LogP) is 6.82. The fraction of sp³-hybridized carbons (Fsp3) is 0.292. The lowest BCUT2D eigenvalue weighted by molar-refractivity contribution is 0.628. The first kappa shape index (κ1) is 17.1. The zero-order valence-corrected chi connectivity index (χ0v) is 16.7. The van der Waals surface area contributed by atoms with E-state index in [1.165, 1.54) is 46.4 Å². The molecule has 3 heteroatoms. The molecule has 2 aliphatic rings. The van der Waals surface area contributed by atoms with Crippen molar-refractivity contribution in [2.75, 3.05) is 0 Å². The summed E-state index contributed by atoms with van der Waals surface area (Å²) in [6.45, 7) is 0. The van der Waals surface area contributed by atoms with Crippen LogP contribution in [-0.2, 0) is 18.2 Å². The van der Waals surface area contributed by atoms with Gasteiger partial charge in [0, 0.05) is 22.5 Å². The zero-order chi connectivity index (χ0) is 18.4. The first-order chi connectivity index (χ1) is 13.3. The number of alkyl halides is 1. The van der Waals surface area contributed by atoms with E-state index in [0.717, 1.165) is 35.8 Å². The molecule has 0 amide bonds. The number of pyridine rings is 1. The number of hydrogen-bond acceptors (Lipinski definition) is 1. The molecule has 0 unspecified atom stereocenters. The summed E-state index contributed by atoms with van der Waals surface area (Å²) in [5, 5.41) is 0.785. The SMILES string of the molecule is Fc1ccc(-c2c3c(nc(C4CC4)c2CBr)-c2ccccc2CCC3)cc1. The molecule has 0 aliphatic heterocycles. The first-order valence-corrected chi connectivity index (χ1v) is 10.8. The number of nitrogens with zero attached hydrogens (tertiary/aromatic N) is 1. The highest BCUT2D eigenvalue weighted by Gasteiger charge is 2.32. The molecule has 136 valence electrons. The van der Waals surface area contributed by atoms with E-state index >= 15 is 0 Å². The zero-order valence-electron chi connectivity index (χ0n) is 15.1. The summed E-state index contributed by atoms with van der Waals surface area (Å²) < 4.78 is 13.6. The molecule has 0 N–H and O–H groups in total. The molecule has 0 radical (unpaired) electrons. The molecule has 1 saturated carbocycles. The second kappa shape index (κ2) is 6.87. The van der Waals surface area contributed by atoms with Crippen LogP contribution in [0.25, 0.3) is 22.4 Å². The van der Waals surface area contributed by atoms with Crippen LogP contribution in [0, 0.1) is 5.82 Å². The van der Waals surface area contributed by atoms with Crippen molar-refractivity contribution >= 4 is 15.9 Å². The van der Waals surface area contributed by atoms with Crippen LogP contribution in [0.5, 0.6) is 0 Å². The number of benzene rings is 2.